The van der Waals surface area contributed by atoms with Crippen molar-refractivity contribution in [1.29, 1.82) is 0 Å². The zero-order valence-corrected chi connectivity index (χ0v) is 11.6. The van der Waals surface area contributed by atoms with Crippen LogP contribution in [0.2, 0.25) is 0 Å². The molecule has 2 unspecified atom stereocenters. The molecule has 2 aliphatic carbocycles. The molecule has 0 aromatic heterocycles. The van der Waals surface area contributed by atoms with Crippen molar-refractivity contribution in [2.24, 2.45) is 11.1 Å². The second-order valence-electron chi connectivity index (χ2n) is 6.17. The van der Waals surface area contributed by atoms with Crippen molar-refractivity contribution in [3.8, 4) is 5.75 Å². The molecule has 4 heteroatoms. The second-order valence-corrected chi connectivity index (χ2v) is 6.17. The van der Waals surface area contributed by atoms with Gasteiger partial charge in [-0.2, -0.15) is 0 Å². The first-order valence-corrected chi connectivity index (χ1v) is 7.49. The maximum atomic E-state index is 13.7. The molecular formula is C16H21F2NO. The number of nitrogens with two attached hydrogens (primary N) is 1. The monoisotopic (exact) mass is 281 g/mol. The fourth-order valence-electron chi connectivity index (χ4n) is 3.74. The SMILES string of the molecule is NC1CC(Oc2cc(F)ccc2F)C12CCCCCC2. The highest BCUT2D eigenvalue weighted by Gasteiger charge is 2.54. The normalized spacial score (nSPS) is 28.8. The van der Waals surface area contributed by atoms with Crippen LogP contribution in [-0.2, 0) is 0 Å². The molecular weight excluding hydrogens is 260 g/mol. The van der Waals surface area contributed by atoms with Gasteiger partial charge in [0.15, 0.2) is 11.6 Å². The molecule has 2 nitrogen and oxygen atoms in total. The Morgan fingerprint density at radius 2 is 1.80 bits per heavy atom. The van der Waals surface area contributed by atoms with Crippen LogP contribution in [0.25, 0.3) is 0 Å². The molecule has 1 spiro atoms. The Kier molecular flexibility index (Phi) is 3.67. The van der Waals surface area contributed by atoms with E-state index in [2.05, 4.69) is 0 Å². The predicted octanol–water partition coefficient (Wildman–Crippen LogP) is 3.78. The van der Waals surface area contributed by atoms with Gasteiger partial charge in [-0.1, -0.05) is 25.7 Å². The molecule has 2 atom stereocenters. The molecule has 0 saturated heterocycles. The molecule has 2 aliphatic rings. The largest absolute Gasteiger partial charge is 0.487 e. The second kappa shape index (κ2) is 5.32. The van der Waals surface area contributed by atoms with Crippen molar-refractivity contribution in [2.75, 3.05) is 0 Å². The summed E-state index contributed by atoms with van der Waals surface area (Å²) in [5.41, 5.74) is 6.19. The molecule has 0 heterocycles. The number of hydrogen-bond donors (Lipinski definition) is 1. The van der Waals surface area contributed by atoms with E-state index in [4.69, 9.17) is 10.5 Å². The maximum absolute atomic E-state index is 13.7. The van der Waals surface area contributed by atoms with Gasteiger partial charge in [-0.05, 0) is 25.0 Å². The van der Waals surface area contributed by atoms with Crippen molar-refractivity contribution in [3.05, 3.63) is 29.8 Å². The Labute approximate surface area is 118 Å². The quantitative estimate of drug-likeness (QED) is 0.895. The number of hydrogen-bond acceptors (Lipinski definition) is 2. The summed E-state index contributed by atoms with van der Waals surface area (Å²) in [7, 11) is 0. The van der Waals surface area contributed by atoms with Crippen molar-refractivity contribution in [1.82, 2.24) is 0 Å². The molecule has 0 aliphatic heterocycles. The molecule has 1 aromatic rings. The van der Waals surface area contributed by atoms with Gasteiger partial charge >= 0.3 is 0 Å². The van der Waals surface area contributed by atoms with E-state index in [1.54, 1.807) is 0 Å². The van der Waals surface area contributed by atoms with Gasteiger partial charge in [-0.15, -0.1) is 0 Å². The topological polar surface area (TPSA) is 35.2 Å². The number of rotatable bonds is 2. The van der Waals surface area contributed by atoms with Crippen LogP contribution in [0.5, 0.6) is 5.75 Å². The minimum absolute atomic E-state index is 0.0190. The average molecular weight is 281 g/mol. The summed E-state index contributed by atoms with van der Waals surface area (Å²) in [6.45, 7) is 0. The highest BCUT2D eigenvalue weighted by atomic mass is 19.1. The van der Waals surface area contributed by atoms with E-state index in [9.17, 15) is 8.78 Å². The summed E-state index contributed by atoms with van der Waals surface area (Å²) in [6.07, 6.45) is 7.50. The van der Waals surface area contributed by atoms with Gasteiger partial charge in [-0.25, -0.2) is 8.78 Å². The van der Waals surface area contributed by atoms with Crippen LogP contribution in [0.4, 0.5) is 8.78 Å². The first-order chi connectivity index (χ1) is 9.62. The Hall–Kier alpha value is -1.16. The standard InChI is InChI=1S/C16H21F2NO/c17-11-5-6-12(18)13(9-11)20-15-10-14(19)16(15)7-3-1-2-4-8-16/h5-6,9,14-15H,1-4,7-8,10,19H2. The third-order valence-electron chi connectivity index (χ3n) is 5.04. The minimum Gasteiger partial charge on any atom is -0.487 e. The summed E-state index contributed by atoms with van der Waals surface area (Å²) >= 11 is 0. The number of halogens is 2. The molecule has 3 rings (SSSR count). The Morgan fingerprint density at radius 1 is 1.10 bits per heavy atom. The molecule has 110 valence electrons. The minimum atomic E-state index is -0.504. The van der Waals surface area contributed by atoms with E-state index < -0.39 is 11.6 Å². The summed E-state index contributed by atoms with van der Waals surface area (Å²) in [5, 5.41) is 0. The van der Waals surface area contributed by atoms with Gasteiger partial charge in [0.05, 0.1) is 0 Å². The van der Waals surface area contributed by atoms with E-state index in [0.717, 1.165) is 50.3 Å². The molecule has 0 amide bonds. The molecule has 2 saturated carbocycles. The van der Waals surface area contributed by atoms with Crippen molar-refractivity contribution >= 4 is 0 Å². The fourth-order valence-corrected chi connectivity index (χ4v) is 3.74. The molecule has 20 heavy (non-hydrogen) atoms. The van der Waals surface area contributed by atoms with Crippen LogP contribution < -0.4 is 10.5 Å². The van der Waals surface area contributed by atoms with Crippen LogP contribution >= 0.6 is 0 Å². The lowest BCUT2D eigenvalue weighted by atomic mass is 9.58. The third kappa shape index (κ3) is 2.30. The Morgan fingerprint density at radius 3 is 2.45 bits per heavy atom. The van der Waals surface area contributed by atoms with E-state index in [1.807, 2.05) is 0 Å². The number of benzene rings is 1. The smallest absolute Gasteiger partial charge is 0.165 e. The van der Waals surface area contributed by atoms with Gasteiger partial charge in [0.25, 0.3) is 0 Å². The average Bonchev–Trinajstić information content (AvgIpc) is 2.70. The third-order valence-corrected chi connectivity index (χ3v) is 5.04. The van der Waals surface area contributed by atoms with E-state index in [-0.39, 0.29) is 23.3 Å². The summed E-state index contributed by atoms with van der Waals surface area (Å²) in [4.78, 5) is 0. The fraction of sp³-hybridized carbons (Fsp3) is 0.625. The van der Waals surface area contributed by atoms with Crippen LogP contribution in [0, 0.1) is 17.0 Å². The van der Waals surface area contributed by atoms with Gasteiger partial charge in [0.1, 0.15) is 11.9 Å². The first-order valence-electron chi connectivity index (χ1n) is 7.49. The number of ether oxygens (including phenoxy) is 1. The highest BCUT2D eigenvalue weighted by Crippen LogP contribution is 2.51. The highest BCUT2D eigenvalue weighted by molar-refractivity contribution is 5.26. The molecule has 2 N–H and O–H groups in total. The Balaban J connectivity index is 1.78. The van der Waals surface area contributed by atoms with E-state index in [1.165, 1.54) is 12.8 Å². The first kappa shape index (κ1) is 13.8. The van der Waals surface area contributed by atoms with Crippen molar-refractivity contribution in [3.63, 3.8) is 0 Å². The summed E-state index contributed by atoms with van der Waals surface area (Å²) in [5.74, 6) is -0.957. The predicted molar refractivity (Wildman–Crippen MR) is 73.5 cm³/mol. The van der Waals surface area contributed by atoms with Crippen LogP contribution in [0.3, 0.4) is 0 Å². The lowest BCUT2D eigenvalue weighted by molar-refractivity contribution is -0.0786. The Bertz CT molecular complexity index is 483. The zero-order chi connectivity index (χ0) is 14.2. The van der Waals surface area contributed by atoms with Crippen LogP contribution in [-0.4, -0.2) is 12.1 Å². The van der Waals surface area contributed by atoms with Crippen LogP contribution in [0.1, 0.15) is 44.9 Å². The molecule has 1 aromatic carbocycles. The van der Waals surface area contributed by atoms with Crippen molar-refractivity contribution in [2.45, 2.75) is 57.1 Å². The van der Waals surface area contributed by atoms with Gasteiger partial charge in [-0.3, -0.25) is 0 Å². The molecule has 0 radical (unpaired) electrons. The lowest BCUT2D eigenvalue weighted by Gasteiger charge is -2.54. The maximum Gasteiger partial charge on any atom is 0.165 e. The zero-order valence-electron chi connectivity index (χ0n) is 11.6. The van der Waals surface area contributed by atoms with E-state index >= 15 is 0 Å². The van der Waals surface area contributed by atoms with Gasteiger partial charge in [0, 0.05) is 23.9 Å². The van der Waals surface area contributed by atoms with Gasteiger partial charge < -0.3 is 10.5 Å². The lowest BCUT2D eigenvalue weighted by Crippen LogP contribution is -2.63. The van der Waals surface area contributed by atoms with E-state index in [0.29, 0.717) is 0 Å². The van der Waals surface area contributed by atoms with Gasteiger partial charge in [0.2, 0.25) is 0 Å². The summed E-state index contributed by atoms with van der Waals surface area (Å²) < 4.78 is 32.7. The summed E-state index contributed by atoms with van der Waals surface area (Å²) in [6, 6.07) is 3.48. The van der Waals surface area contributed by atoms with Crippen molar-refractivity contribution < 1.29 is 13.5 Å². The van der Waals surface area contributed by atoms with Crippen LogP contribution in [0.15, 0.2) is 18.2 Å². The molecule has 0 bridgehead atoms. The molecule has 2 fully saturated rings.